The van der Waals surface area contributed by atoms with Crippen molar-refractivity contribution in [3.63, 3.8) is 0 Å². The third kappa shape index (κ3) is 12.1. The molecule has 1 aromatic carbocycles. The molecular formula is C39H58N4O6. The van der Waals surface area contributed by atoms with Gasteiger partial charge in [-0.05, 0) is 62.1 Å². The van der Waals surface area contributed by atoms with E-state index in [4.69, 9.17) is 9.47 Å². The smallest absolute Gasteiger partial charge is 0.339 e. The zero-order valence-corrected chi connectivity index (χ0v) is 30.8. The van der Waals surface area contributed by atoms with E-state index in [1.54, 1.807) is 6.92 Å². The molecule has 2 aromatic rings. The molecular weight excluding hydrogens is 620 g/mol. The van der Waals surface area contributed by atoms with Crippen LogP contribution in [-0.2, 0) is 16.0 Å². The van der Waals surface area contributed by atoms with Crippen LogP contribution in [0, 0.1) is 36.0 Å². The SMILES string of the molecule is CCCCC(CC)COC(=O)c1ccc(/N=N/c2c(C)c(C#N)c(=O)n(CC(CC)CCCC)c2O)cc1C(=O)OCC(CC)CCCC. The number of carbonyl (C=O) groups is 2. The van der Waals surface area contributed by atoms with E-state index in [0.29, 0.717) is 0 Å². The summed E-state index contributed by atoms with van der Waals surface area (Å²) in [4.78, 5) is 40.0. The standard InChI is InChI=1S/C39H58N4O6/c1-8-14-17-28(11-4)24-43-36(44)34(23-40)27(7)35(37(43)45)42-41-31-20-21-32(38(46)48-25-29(12-5)18-15-9-2)33(22-31)39(47)49-26-30(13-6)19-16-10-3/h20-22,28-30,45H,8-19,24-26H2,1-7H3/b42-41+. The zero-order valence-electron chi connectivity index (χ0n) is 30.8. The molecule has 1 heterocycles. The molecule has 2 rings (SSSR count). The number of esters is 2. The van der Waals surface area contributed by atoms with Gasteiger partial charge in [0.05, 0.1) is 30.0 Å². The number of ether oxygens (including phenoxy) is 2. The number of unbranched alkanes of at least 4 members (excludes halogenated alkanes) is 3. The van der Waals surface area contributed by atoms with Crippen LogP contribution in [0.3, 0.4) is 0 Å². The fourth-order valence-electron chi connectivity index (χ4n) is 5.79. The van der Waals surface area contributed by atoms with Crippen molar-refractivity contribution in [2.24, 2.45) is 28.0 Å². The number of carbonyl (C=O) groups excluding carboxylic acids is 2. The Morgan fingerprint density at radius 2 is 1.33 bits per heavy atom. The number of nitriles is 1. The van der Waals surface area contributed by atoms with Gasteiger partial charge in [-0.15, -0.1) is 5.11 Å². The summed E-state index contributed by atoms with van der Waals surface area (Å²) in [5, 5.41) is 29.6. The molecule has 1 N–H and O–H groups in total. The van der Waals surface area contributed by atoms with Gasteiger partial charge in [0.1, 0.15) is 11.6 Å². The van der Waals surface area contributed by atoms with Crippen molar-refractivity contribution >= 4 is 23.3 Å². The number of rotatable bonds is 22. The van der Waals surface area contributed by atoms with Crippen molar-refractivity contribution in [2.45, 2.75) is 132 Å². The highest BCUT2D eigenvalue weighted by molar-refractivity contribution is 6.03. The van der Waals surface area contributed by atoms with Crippen molar-refractivity contribution in [1.82, 2.24) is 4.57 Å². The van der Waals surface area contributed by atoms with Gasteiger partial charge in [-0.2, -0.15) is 10.4 Å². The summed E-state index contributed by atoms with van der Waals surface area (Å²) in [5.74, 6) is -1.07. The fraction of sp³-hybridized carbons (Fsp3) is 0.641. The first-order chi connectivity index (χ1) is 23.6. The van der Waals surface area contributed by atoms with Gasteiger partial charge in [-0.25, -0.2) is 9.59 Å². The van der Waals surface area contributed by atoms with Gasteiger partial charge < -0.3 is 14.6 Å². The molecule has 0 amide bonds. The Labute approximate surface area is 292 Å². The molecule has 0 saturated heterocycles. The molecule has 1 aromatic heterocycles. The molecule has 10 heteroatoms. The van der Waals surface area contributed by atoms with E-state index in [0.717, 1.165) is 77.0 Å². The molecule has 49 heavy (non-hydrogen) atoms. The van der Waals surface area contributed by atoms with Crippen molar-refractivity contribution in [3.8, 4) is 11.9 Å². The highest BCUT2D eigenvalue weighted by Gasteiger charge is 2.24. The first-order valence-electron chi connectivity index (χ1n) is 18.4. The molecule has 0 aliphatic heterocycles. The molecule has 270 valence electrons. The maximum Gasteiger partial charge on any atom is 0.339 e. The third-order valence-electron chi connectivity index (χ3n) is 9.45. The summed E-state index contributed by atoms with van der Waals surface area (Å²) < 4.78 is 12.6. The Morgan fingerprint density at radius 3 is 1.82 bits per heavy atom. The van der Waals surface area contributed by atoms with Crippen molar-refractivity contribution in [3.05, 3.63) is 50.8 Å². The third-order valence-corrected chi connectivity index (χ3v) is 9.45. The summed E-state index contributed by atoms with van der Waals surface area (Å²) in [6.45, 7) is 14.8. The van der Waals surface area contributed by atoms with E-state index in [-0.39, 0.29) is 77.0 Å². The van der Waals surface area contributed by atoms with Gasteiger partial charge >= 0.3 is 11.9 Å². The summed E-state index contributed by atoms with van der Waals surface area (Å²) in [7, 11) is 0. The molecule has 10 nitrogen and oxygen atoms in total. The number of azo groups is 1. The molecule has 0 fully saturated rings. The molecule has 0 aliphatic carbocycles. The molecule has 0 saturated carbocycles. The first-order valence-corrected chi connectivity index (χ1v) is 18.4. The van der Waals surface area contributed by atoms with E-state index >= 15 is 0 Å². The van der Waals surface area contributed by atoms with Crippen LogP contribution in [0.4, 0.5) is 11.4 Å². The number of nitrogens with zero attached hydrogens (tertiary/aromatic N) is 4. The first kappa shape index (κ1) is 41.2. The van der Waals surface area contributed by atoms with E-state index in [1.807, 2.05) is 13.0 Å². The minimum Gasteiger partial charge on any atom is -0.493 e. The van der Waals surface area contributed by atoms with Gasteiger partial charge in [0, 0.05) is 12.1 Å². The van der Waals surface area contributed by atoms with Gasteiger partial charge in [0.25, 0.3) is 5.56 Å². The van der Waals surface area contributed by atoms with Crippen LogP contribution >= 0.6 is 0 Å². The average Bonchev–Trinajstić information content (AvgIpc) is 3.11. The van der Waals surface area contributed by atoms with E-state index in [2.05, 4.69) is 44.8 Å². The van der Waals surface area contributed by atoms with E-state index in [1.165, 1.54) is 22.8 Å². The van der Waals surface area contributed by atoms with Crippen LogP contribution in [-0.4, -0.2) is 34.8 Å². The maximum atomic E-state index is 13.5. The summed E-state index contributed by atoms with van der Waals surface area (Å²) >= 11 is 0. The Bertz CT molecular complexity index is 1490. The van der Waals surface area contributed by atoms with E-state index < -0.39 is 17.5 Å². The van der Waals surface area contributed by atoms with Crippen LogP contribution < -0.4 is 5.56 Å². The highest BCUT2D eigenvalue weighted by Crippen LogP contribution is 2.34. The van der Waals surface area contributed by atoms with Crippen molar-refractivity contribution in [1.29, 1.82) is 5.26 Å². The Kier molecular flexibility index (Phi) is 18.4. The number of hydrogen-bond donors (Lipinski definition) is 1. The minimum absolute atomic E-state index is 0.00601. The monoisotopic (exact) mass is 678 g/mol. The molecule has 0 bridgehead atoms. The maximum absolute atomic E-state index is 13.5. The largest absolute Gasteiger partial charge is 0.493 e. The minimum atomic E-state index is -0.658. The van der Waals surface area contributed by atoms with Crippen molar-refractivity contribution < 1.29 is 24.2 Å². The predicted octanol–water partition coefficient (Wildman–Crippen LogP) is 10.1. The summed E-state index contributed by atoms with van der Waals surface area (Å²) in [5.41, 5.74) is -0.167. The normalized spacial score (nSPS) is 13.2. The lowest BCUT2D eigenvalue weighted by molar-refractivity contribution is 0.0381. The number of pyridine rings is 1. The van der Waals surface area contributed by atoms with Crippen LogP contribution in [0.5, 0.6) is 5.88 Å². The lowest BCUT2D eigenvalue weighted by Crippen LogP contribution is -2.27. The van der Waals surface area contributed by atoms with Gasteiger partial charge in [-0.3, -0.25) is 9.36 Å². The second-order valence-electron chi connectivity index (χ2n) is 13.1. The van der Waals surface area contributed by atoms with Gasteiger partial charge in [-0.1, -0.05) is 99.3 Å². The molecule has 0 radical (unpaired) electrons. The number of hydrogen-bond acceptors (Lipinski definition) is 9. The second-order valence-corrected chi connectivity index (χ2v) is 13.1. The Hall–Kier alpha value is -4.00. The van der Waals surface area contributed by atoms with Gasteiger partial charge in [0.2, 0.25) is 5.88 Å². The predicted molar refractivity (Wildman–Crippen MR) is 193 cm³/mol. The fourth-order valence-corrected chi connectivity index (χ4v) is 5.79. The molecule has 0 spiro atoms. The molecule has 3 atom stereocenters. The van der Waals surface area contributed by atoms with Crippen LogP contribution in [0.25, 0.3) is 0 Å². The quantitative estimate of drug-likeness (QED) is 0.0964. The average molecular weight is 679 g/mol. The number of benzene rings is 1. The summed E-state index contributed by atoms with van der Waals surface area (Å²) in [6.07, 6.45) is 11.5. The molecule has 0 aliphatic rings. The number of aromatic hydroxyl groups is 1. The topological polar surface area (TPSA) is 143 Å². The van der Waals surface area contributed by atoms with Gasteiger partial charge in [0.15, 0.2) is 5.69 Å². The van der Waals surface area contributed by atoms with Crippen LogP contribution in [0.1, 0.15) is 150 Å². The second kappa shape index (κ2) is 21.9. The lowest BCUT2D eigenvalue weighted by atomic mass is 9.99. The van der Waals surface area contributed by atoms with Crippen LogP contribution in [0.2, 0.25) is 0 Å². The van der Waals surface area contributed by atoms with Crippen molar-refractivity contribution in [2.75, 3.05) is 13.2 Å². The Balaban J connectivity index is 2.53. The zero-order chi connectivity index (χ0) is 36.3. The van der Waals surface area contributed by atoms with Crippen LogP contribution in [0.15, 0.2) is 33.2 Å². The lowest BCUT2D eigenvalue weighted by Gasteiger charge is -2.19. The summed E-state index contributed by atoms with van der Waals surface area (Å²) in [6, 6.07) is 6.40. The molecule has 3 unspecified atom stereocenters. The highest BCUT2D eigenvalue weighted by atomic mass is 16.5. The number of aromatic nitrogens is 1. The Morgan fingerprint density at radius 1 is 0.816 bits per heavy atom. The van der Waals surface area contributed by atoms with E-state index in [9.17, 15) is 24.8 Å².